The van der Waals surface area contributed by atoms with Crippen LogP contribution in [0.4, 0.5) is 4.79 Å². The van der Waals surface area contributed by atoms with Gasteiger partial charge < -0.3 is 11.1 Å². The Morgan fingerprint density at radius 3 is 2.43 bits per heavy atom. The van der Waals surface area contributed by atoms with Crippen molar-refractivity contribution in [3.8, 4) is 0 Å². The van der Waals surface area contributed by atoms with Crippen LogP contribution in [0.1, 0.15) is 12.8 Å². The van der Waals surface area contributed by atoms with Crippen molar-refractivity contribution in [1.82, 2.24) is 10.6 Å². The molecule has 0 aliphatic rings. The van der Waals surface area contributed by atoms with Crippen LogP contribution in [0, 0.1) is 0 Å². The van der Waals surface area contributed by atoms with Gasteiger partial charge in [0.15, 0.2) is 0 Å². The highest BCUT2D eigenvalue weighted by atomic mass is 35.5. The molecule has 4 amide bonds. The summed E-state index contributed by atoms with van der Waals surface area (Å²) in [5.41, 5.74) is 4.87. The number of nitrogens with one attached hydrogen (secondary N) is 2. The summed E-state index contributed by atoms with van der Waals surface area (Å²) in [5.74, 6) is -1.27. The highest BCUT2D eigenvalue weighted by molar-refractivity contribution is 6.28. The number of primary amides is 1. The van der Waals surface area contributed by atoms with Crippen LogP contribution in [0.3, 0.4) is 0 Å². The average molecular weight is 222 g/mol. The van der Waals surface area contributed by atoms with E-state index in [1.165, 1.54) is 0 Å². The molecule has 0 atom stereocenters. The predicted molar refractivity (Wildman–Crippen MR) is 50.7 cm³/mol. The van der Waals surface area contributed by atoms with Crippen LogP contribution in [0.25, 0.3) is 0 Å². The Labute approximate surface area is 86.2 Å². The van der Waals surface area contributed by atoms with Gasteiger partial charge in [-0.05, 0) is 6.42 Å². The van der Waals surface area contributed by atoms with Crippen LogP contribution in [0.15, 0.2) is 0 Å². The molecule has 0 unspecified atom stereocenters. The van der Waals surface area contributed by atoms with E-state index in [1.807, 2.05) is 5.32 Å². The topological polar surface area (TPSA) is 101 Å². The lowest BCUT2D eigenvalue weighted by Gasteiger charge is -2.03. The maximum absolute atomic E-state index is 10.8. The molecule has 0 heterocycles. The molecule has 7 heteroatoms. The zero-order valence-electron chi connectivity index (χ0n) is 7.51. The summed E-state index contributed by atoms with van der Waals surface area (Å²) in [5, 5.41) is 4.35. The monoisotopic (exact) mass is 221 g/mol. The zero-order valence-corrected chi connectivity index (χ0v) is 8.26. The number of hydrogen-bond acceptors (Lipinski definition) is 3. The molecule has 0 rings (SSSR count). The van der Waals surface area contributed by atoms with Crippen molar-refractivity contribution in [3.05, 3.63) is 0 Å². The van der Waals surface area contributed by atoms with E-state index in [2.05, 4.69) is 5.32 Å². The van der Waals surface area contributed by atoms with Crippen molar-refractivity contribution in [1.29, 1.82) is 0 Å². The normalized spacial score (nSPS) is 9.21. The Morgan fingerprint density at radius 2 is 1.93 bits per heavy atom. The number of carbonyl (C=O) groups is 3. The summed E-state index contributed by atoms with van der Waals surface area (Å²) in [6.45, 7) is 0.282. The third-order valence-electron chi connectivity index (χ3n) is 1.26. The second-order valence-corrected chi connectivity index (χ2v) is 2.77. The van der Waals surface area contributed by atoms with Crippen LogP contribution >= 0.6 is 11.6 Å². The van der Waals surface area contributed by atoms with E-state index in [0.717, 1.165) is 0 Å². The molecule has 0 radical (unpaired) electrons. The first-order valence-electron chi connectivity index (χ1n) is 3.98. The lowest BCUT2D eigenvalue weighted by molar-refractivity contribution is -0.118. The number of rotatable bonds is 5. The Hall–Kier alpha value is -1.30. The van der Waals surface area contributed by atoms with E-state index in [9.17, 15) is 14.4 Å². The SMILES string of the molecule is NC(=O)CCCNC(=O)NC(=O)CCl. The van der Waals surface area contributed by atoms with E-state index >= 15 is 0 Å². The number of urea groups is 1. The lowest BCUT2D eigenvalue weighted by atomic mass is 10.3. The molecule has 0 aliphatic carbocycles. The average Bonchev–Trinajstić information content (AvgIpc) is 2.12. The first kappa shape index (κ1) is 12.7. The minimum absolute atomic E-state index is 0.198. The van der Waals surface area contributed by atoms with Gasteiger partial charge in [0.05, 0.1) is 0 Å². The summed E-state index contributed by atoms with van der Waals surface area (Å²) in [6, 6.07) is -0.625. The summed E-state index contributed by atoms with van der Waals surface area (Å²) in [4.78, 5) is 31.7. The molecule has 4 N–H and O–H groups in total. The molecule has 0 saturated carbocycles. The van der Waals surface area contributed by atoms with Gasteiger partial charge in [-0.3, -0.25) is 14.9 Å². The van der Waals surface area contributed by atoms with Gasteiger partial charge in [-0.2, -0.15) is 0 Å². The predicted octanol–water partition coefficient (Wildman–Crippen LogP) is -0.684. The van der Waals surface area contributed by atoms with Crippen LogP contribution in [0.2, 0.25) is 0 Å². The van der Waals surface area contributed by atoms with E-state index in [0.29, 0.717) is 6.42 Å². The highest BCUT2D eigenvalue weighted by Crippen LogP contribution is 1.84. The fraction of sp³-hybridized carbons (Fsp3) is 0.571. The molecular weight excluding hydrogens is 210 g/mol. The van der Waals surface area contributed by atoms with Gasteiger partial charge in [-0.15, -0.1) is 11.6 Å². The largest absolute Gasteiger partial charge is 0.370 e. The number of nitrogens with two attached hydrogens (primary N) is 1. The molecule has 0 spiro atoms. The van der Waals surface area contributed by atoms with Gasteiger partial charge in [-0.1, -0.05) is 0 Å². The minimum Gasteiger partial charge on any atom is -0.370 e. The van der Waals surface area contributed by atoms with Crippen LogP contribution < -0.4 is 16.4 Å². The molecule has 0 aromatic carbocycles. The van der Waals surface area contributed by atoms with Gasteiger partial charge in [0.25, 0.3) is 0 Å². The standard InChI is InChI=1S/C7H12ClN3O3/c8-4-6(13)11-7(14)10-3-1-2-5(9)12/h1-4H2,(H2,9,12)(H2,10,11,13,14). The maximum Gasteiger partial charge on any atom is 0.321 e. The molecule has 80 valence electrons. The molecule has 0 bridgehead atoms. The van der Waals surface area contributed by atoms with Crippen molar-refractivity contribution in [2.75, 3.05) is 12.4 Å². The van der Waals surface area contributed by atoms with Crippen LogP contribution in [-0.2, 0) is 9.59 Å². The van der Waals surface area contributed by atoms with Crippen molar-refractivity contribution >= 4 is 29.4 Å². The summed E-state index contributed by atoms with van der Waals surface area (Å²) >= 11 is 5.15. The Kier molecular flexibility index (Phi) is 6.47. The Balaban J connectivity index is 3.45. The first-order chi connectivity index (χ1) is 6.56. The number of alkyl halides is 1. The van der Waals surface area contributed by atoms with Gasteiger partial charge in [0.2, 0.25) is 11.8 Å². The van der Waals surface area contributed by atoms with Gasteiger partial charge in [-0.25, -0.2) is 4.79 Å². The number of halogens is 1. The smallest absolute Gasteiger partial charge is 0.321 e. The fourth-order valence-electron chi connectivity index (χ4n) is 0.669. The summed E-state index contributed by atoms with van der Waals surface area (Å²) in [7, 11) is 0. The van der Waals surface area contributed by atoms with Gasteiger partial charge >= 0.3 is 6.03 Å². The summed E-state index contributed by atoms with van der Waals surface area (Å²) in [6.07, 6.45) is 0.640. The van der Waals surface area contributed by atoms with E-state index in [-0.39, 0.29) is 18.8 Å². The van der Waals surface area contributed by atoms with E-state index < -0.39 is 17.8 Å². The number of carbonyl (C=O) groups excluding carboxylic acids is 3. The number of imide groups is 1. The van der Waals surface area contributed by atoms with Crippen LogP contribution in [-0.4, -0.2) is 30.3 Å². The molecule has 0 aliphatic heterocycles. The van der Waals surface area contributed by atoms with E-state index in [1.54, 1.807) is 0 Å². The molecule has 0 fully saturated rings. The molecule has 14 heavy (non-hydrogen) atoms. The second-order valence-electron chi connectivity index (χ2n) is 2.51. The first-order valence-corrected chi connectivity index (χ1v) is 4.51. The molecule has 0 aromatic rings. The fourth-order valence-corrected chi connectivity index (χ4v) is 0.736. The number of hydrogen-bond donors (Lipinski definition) is 3. The van der Waals surface area contributed by atoms with Gasteiger partial charge in [0.1, 0.15) is 5.88 Å². The molecule has 6 nitrogen and oxygen atoms in total. The molecule has 0 saturated heterocycles. The summed E-state index contributed by atoms with van der Waals surface area (Å²) < 4.78 is 0. The zero-order chi connectivity index (χ0) is 11.0. The lowest BCUT2D eigenvalue weighted by Crippen LogP contribution is -2.40. The number of amides is 4. The van der Waals surface area contributed by atoms with Gasteiger partial charge in [0, 0.05) is 13.0 Å². The van der Waals surface area contributed by atoms with Crippen molar-refractivity contribution in [2.24, 2.45) is 5.73 Å². The third-order valence-corrected chi connectivity index (χ3v) is 1.50. The Bertz CT molecular complexity index is 232. The van der Waals surface area contributed by atoms with Crippen molar-refractivity contribution in [3.63, 3.8) is 0 Å². The van der Waals surface area contributed by atoms with Crippen molar-refractivity contribution in [2.45, 2.75) is 12.8 Å². The highest BCUT2D eigenvalue weighted by Gasteiger charge is 2.04. The quantitative estimate of drug-likeness (QED) is 0.423. The molecular formula is C7H12ClN3O3. The van der Waals surface area contributed by atoms with Crippen molar-refractivity contribution < 1.29 is 14.4 Å². The maximum atomic E-state index is 10.8. The molecule has 0 aromatic heterocycles. The van der Waals surface area contributed by atoms with E-state index in [4.69, 9.17) is 17.3 Å². The minimum atomic E-state index is -0.625. The second kappa shape index (κ2) is 7.14. The Morgan fingerprint density at radius 1 is 1.29 bits per heavy atom. The van der Waals surface area contributed by atoms with Crippen LogP contribution in [0.5, 0.6) is 0 Å². The third kappa shape index (κ3) is 7.35.